The van der Waals surface area contributed by atoms with Crippen LogP contribution in [0.3, 0.4) is 0 Å². The Morgan fingerprint density at radius 3 is 1.32 bits per heavy atom. The molecule has 2 amide bonds. The molecule has 2 aromatic carbocycles. The second-order valence-electron chi connectivity index (χ2n) is 7.39. The minimum absolute atomic E-state index is 0.203. The lowest BCUT2D eigenvalue weighted by Crippen LogP contribution is -2.20. The van der Waals surface area contributed by atoms with Crippen LogP contribution in [0.1, 0.15) is 0 Å². The Morgan fingerprint density at radius 1 is 0.714 bits per heavy atom. The van der Waals surface area contributed by atoms with Gasteiger partial charge in [-0.2, -0.15) is 0 Å². The summed E-state index contributed by atoms with van der Waals surface area (Å²) in [6.07, 6.45) is 0. The van der Waals surface area contributed by atoms with E-state index in [2.05, 4.69) is 17.2 Å². The summed E-state index contributed by atoms with van der Waals surface area (Å²) in [7, 11) is 7.83. The van der Waals surface area contributed by atoms with E-state index in [0.717, 1.165) is 11.4 Å². The Kier molecular flexibility index (Phi) is 5.40. The molecule has 2 atom stereocenters. The fraction of sp³-hybridized carbons (Fsp3) is 0.273. The zero-order valence-corrected chi connectivity index (χ0v) is 16.7. The molecular formula is C22H26N4O2. The van der Waals surface area contributed by atoms with E-state index >= 15 is 0 Å². The molecule has 1 aliphatic carbocycles. The lowest BCUT2D eigenvalue weighted by Gasteiger charge is -2.13. The Bertz CT molecular complexity index is 812. The van der Waals surface area contributed by atoms with Gasteiger partial charge in [-0.25, -0.2) is 0 Å². The van der Waals surface area contributed by atoms with Crippen molar-refractivity contribution < 1.29 is 9.59 Å². The third kappa shape index (κ3) is 4.17. The predicted octanol–water partition coefficient (Wildman–Crippen LogP) is 3.20. The minimum atomic E-state index is -0.491. The van der Waals surface area contributed by atoms with Crippen molar-refractivity contribution in [3.8, 4) is 0 Å². The average Bonchev–Trinajstić information content (AvgIpc) is 3.34. The summed E-state index contributed by atoms with van der Waals surface area (Å²) >= 11 is 0. The quantitative estimate of drug-likeness (QED) is 0.758. The Labute approximate surface area is 165 Å². The van der Waals surface area contributed by atoms with Gasteiger partial charge in [0, 0.05) is 50.9 Å². The van der Waals surface area contributed by atoms with Crippen LogP contribution in [0.15, 0.2) is 60.7 Å². The average molecular weight is 378 g/mol. The Balaban J connectivity index is 1.58. The molecule has 2 N–H and O–H groups in total. The monoisotopic (exact) mass is 378 g/mol. The normalized spacial score (nSPS) is 17.6. The van der Waals surface area contributed by atoms with Crippen molar-refractivity contribution in [3.63, 3.8) is 0 Å². The van der Waals surface area contributed by atoms with Crippen LogP contribution in [-0.2, 0) is 9.59 Å². The molecule has 6 heteroatoms. The van der Waals surface area contributed by atoms with E-state index in [1.165, 1.54) is 0 Å². The summed E-state index contributed by atoms with van der Waals surface area (Å²) in [6.45, 7) is 3.89. The number of benzene rings is 2. The molecule has 3 rings (SSSR count). The van der Waals surface area contributed by atoms with Crippen molar-refractivity contribution in [1.82, 2.24) is 0 Å². The number of amides is 2. The summed E-state index contributed by atoms with van der Waals surface area (Å²) < 4.78 is 0. The van der Waals surface area contributed by atoms with Crippen molar-refractivity contribution >= 4 is 34.6 Å². The molecule has 0 unspecified atom stereocenters. The molecule has 1 aliphatic rings. The number of hydrogen-bond acceptors (Lipinski definition) is 4. The van der Waals surface area contributed by atoms with Crippen LogP contribution < -0.4 is 20.4 Å². The van der Waals surface area contributed by atoms with Crippen molar-refractivity contribution in [2.24, 2.45) is 11.8 Å². The number of hydrogen-bond donors (Lipinski definition) is 2. The van der Waals surface area contributed by atoms with Crippen LogP contribution in [0.5, 0.6) is 0 Å². The van der Waals surface area contributed by atoms with E-state index in [0.29, 0.717) is 16.9 Å². The molecule has 0 heterocycles. The van der Waals surface area contributed by atoms with Gasteiger partial charge in [-0.1, -0.05) is 12.2 Å². The van der Waals surface area contributed by atoms with Gasteiger partial charge in [-0.3, -0.25) is 9.59 Å². The molecule has 28 heavy (non-hydrogen) atoms. The van der Waals surface area contributed by atoms with E-state index in [1.807, 2.05) is 86.5 Å². The fourth-order valence-electron chi connectivity index (χ4n) is 3.08. The fourth-order valence-corrected chi connectivity index (χ4v) is 3.08. The van der Waals surface area contributed by atoms with E-state index in [-0.39, 0.29) is 11.8 Å². The Morgan fingerprint density at radius 2 is 1.04 bits per heavy atom. The molecule has 0 spiro atoms. The largest absolute Gasteiger partial charge is 0.378 e. The molecule has 6 nitrogen and oxygen atoms in total. The van der Waals surface area contributed by atoms with E-state index < -0.39 is 11.8 Å². The predicted molar refractivity (Wildman–Crippen MR) is 115 cm³/mol. The number of rotatable bonds is 6. The maximum atomic E-state index is 12.5. The molecule has 0 bridgehead atoms. The van der Waals surface area contributed by atoms with Crippen molar-refractivity contribution in [3.05, 3.63) is 60.7 Å². The number of carbonyl (C=O) groups excluding carboxylic acids is 2. The summed E-state index contributed by atoms with van der Waals surface area (Å²) in [6, 6.07) is 15.1. The molecular weight excluding hydrogens is 352 g/mol. The third-order valence-corrected chi connectivity index (χ3v) is 4.89. The van der Waals surface area contributed by atoms with Gasteiger partial charge < -0.3 is 20.4 Å². The third-order valence-electron chi connectivity index (χ3n) is 4.89. The number of nitrogens with zero attached hydrogens (tertiary/aromatic N) is 2. The highest BCUT2D eigenvalue weighted by atomic mass is 16.2. The first-order chi connectivity index (χ1) is 13.3. The SMILES string of the molecule is C=C1[C@H](C(=O)Nc2ccc(N(C)C)cc2)[C@@H]1C(=O)Nc1ccc(N(C)C)cc1. The molecule has 146 valence electrons. The van der Waals surface area contributed by atoms with Crippen LogP contribution in [0.4, 0.5) is 22.7 Å². The van der Waals surface area contributed by atoms with E-state index in [9.17, 15) is 9.59 Å². The van der Waals surface area contributed by atoms with Crippen LogP contribution in [0.25, 0.3) is 0 Å². The van der Waals surface area contributed by atoms with E-state index in [1.54, 1.807) is 0 Å². The van der Waals surface area contributed by atoms with Crippen LogP contribution in [0, 0.1) is 11.8 Å². The van der Waals surface area contributed by atoms with Gasteiger partial charge in [0.25, 0.3) is 0 Å². The van der Waals surface area contributed by atoms with Gasteiger partial charge >= 0.3 is 0 Å². The molecule has 1 fully saturated rings. The summed E-state index contributed by atoms with van der Waals surface area (Å²) in [5.74, 6) is -1.39. The summed E-state index contributed by atoms with van der Waals surface area (Å²) in [5, 5.41) is 5.73. The van der Waals surface area contributed by atoms with Gasteiger partial charge in [-0.15, -0.1) is 0 Å². The number of anilines is 4. The van der Waals surface area contributed by atoms with Gasteiger partial charge in [0.1, 0.15) is 0 Å². The highest BCUT2D eigenvalue weighted by molar-refractivity contribution is 6.08. The smallest absolute Gasteiger partial charge is 0.232 e. The highest BCUT2D eigenvalue weighted by Crippen LogP contribution is 2.45. The minimum Gasteiger partial charge on any atom is -0.378 e. The molecule has 0 aromatic heterocycles. The summed E-state index contributed by atoms with van der Waals surface area (Å²) in [5.41, 5.74) is 4.14. The zero-order valence-electron chi connectivity index (χ0n) is 16.7. The first kappa shape index (κ1) is 19.5. The maximum absolute atomic E-state index is 12.5. The maximum Gasteiger partial charge on any atom is 0.232 e. The first-order valence-corrected chi connectivity index (χ1v) is 9.13. The summed E-state index contributed by atoms with van der Waals surface area (Å²) in [4.78, 5) is 29.0. The van der Waals surface area contributed by atoms with Gasteiger partial charge in [-0.05, 0) is 48.5 Å². The van der Waals surface area contributed by atoms with Crippen molar-refractivity contribution in [2.45, 2.75) is 0 Å². The molecule has 1 saturated carbocycles. The molecule has 2 aromatic rings. The standard InChI is InChI=1S/C22H26N4O2/c1-14-19(21(27)23-15-6-10-17(11-7-15)25(2)3)20(14)22(28)24-16-8-12-18(13-9-16)26(4)5/h6-13,19-20H,1H2,2-5H3,(H,23,27)(H,24,28)/t19-,20+. The Hall–Kier alpha value is -3.28. The van der Waals surface area contributed by atoms with Gasteiger partial charge in [0.2, 0.25) is 11.8 Å². The van der Waals surface area contributed by atoms with Crippen LogP contribution in [-0.4, -0.2) is 40.0 Å². The topological polar surface area (TPSA) is 64.7 Å². The lowest BCUT2D eigenvalue weighted by molar-refractivity contribution is -0.122. The molecule has 0 radical (unpaired) electrons. The van der Waals surface area contributed by atoms with Gasteiger partial charge in [0.15, 0.2) is 0 Å². The second kappa shape index (κ2) is 7.76. The number of carbonyl (C=O) groups is 2. The van der Waals surface area contributed by atoms with Crippen LogP contribution in [0.2, 0.25) is 0 Å². The number of nitrogens with one attached hydrogen (secondary N) is 2. The lowest BCUT2D eigenvalue weighted by atomic mass is 10.2. The zero-order chi connectivity index (χ0) is 20.4. The van der Waals surface area contributed by atoms with Crippen molar-refractivity contribution in [1.29, 1.82) is 0 Å². The molecule has 0 aliphatic heterocycles. The van der Waals surface area contributed by atoms with Gasteiger partial charge in [0.05, 0.1) is 11.8 Å². The van der Waals surface area contributed by atoms with E-state index in [4.69, 9.17) is 0 Å². The first-order valence-electron chi connectivity index (χ1n) is 9.13. The van der Waals surface area contributed by atoms with Crippen LogP contribution >= 0.6 is 0 Å². The highest BCUT2D eigenvalue weighted by Gasteiger charge is 2.52. The molecule has 0 saturated heterocycles. The second-order valence-corrected chi connectivity index (χ2v) is 7.39. The van der Waals surface area contributed by atoms with Crippen molar-refractivity contribution in [2.75, 3.05) is 48.6 Å².